The first-order valence-electron chi connectivity index (χ1n) is 4.89. The Morgan fingerprint density at radius 1 is 1.44 bits per heavy atom. The Kier molecular flexibility index (Phi) is 2.45. The molecule has 0 fully saturated rings. The molecule has 1 aromatic heterocycles. The van der Waals surface area contributed by atoms with Crippen LogP contribution in [0.3, 0.4) is 0 Å². The van der Waals surface area contributed by atoms with Gasteiger partial charge in [0.15, 0.2) is 0 Å². The highest BCUT2D eigenvalue weighted by Gasteiger charge is 2.52. The molecular weight excluding hydrogens is 246 g/mol. The molecular formula is C7H9N7O4. The average Bonchev–Trinajstić information content (AvgIpc) is 2.74. The third-order valence-electron chi connectivity index (χ3n) is 2.72. The highest BCUT2D eigenvalue weighted by molar-refractivity contribution is 5.35. The first-order valence-corrected chi connectivity index (χ1v) is 4.89. The van der Waals surface area contributed by atoms with Crippen molar-refractivity contribution in [2.75, 3.05) is 5.32 Å². The molecule has 1 aliphatic heterocycles. The molecule has 1 aromatic rings. The summed E-state index contributed by atoms with van der Waals surface area (Å²) in [6.07, 6.45) is 1.07. The van der Waals surface area contributed by atoms with Crippen molar-refractivity contribution < 1.29 is 9.85 Å². The Hall–Kier alpha value is -2.59. The van der Waals surface area contributed by atoms with E-state index in [2.05, 4.69) is 20.8 Å². The molecule has 0 amide bonds. The summed E-state index contributed by atoms with van der Waals surface area (Å²) in [5.74, 6) is 0.125. The second-order valence-corrected chi connectivity index (χ2v) is 4.23. The van der Waals surface area contributed by atoms with Crippen LogP contribution in [0.2, 0.25) is 0 Å². The van der Waals surface area contributed by atoms with E-state index in [1.165, 1.54) is 13.8 Å². The molecule has 96 valence electrons. The molecule has 0 saturated carbocycles. The van der Waals surface area contributed by atoms with Crippen molar-refractivity contribution in [3.8, 4) is 0 Å². The lowest BCUT2D eigenvalue weighted by atomic mass is 9.92. The van der Waals surface area contributed by atoms with E-state index in [9.17, 15) is 20.2 Å². The number of hydrogen-bond acceptors (Lipinski definition) is 8. The maximum absolute atomic E-state index is 11.1. The molecule has 1 N–H and O–H groups in total. The highest BCUT2D eigenvalue weighted by atomic mass is 16.6. The molecule has 18 heavy (non-hydrogen) atoms. The summed E-state index contributed by atoms with van der Waals surface area (Å²) in [4.78, 5) is 20.8. The van der Waals surface area contributed by atoms with Gasteiger partial charge in [-0.15, -0.1) is 0 Å². The number of rotatable bonds is 3. The minimum Gasteiger partial charge on any atom is -0.324 e. The number of nitro groups is 2. The Balaban J connectivity index is 2.57. The van der Waals surface area contributed by atoms with Gasteiger partial charge >= 0.3 is 0 Å². The lowest BCUT2D eigenvalue weighted by Crippen LogP contribution is -2.45. The summed E-state index contributed by atoms with van der Waals surface area (Å²) >= 11 is 0. The first kappa shape index (κ1) is 11.9. The van der Waals surface area contributed by atoms with E-state index >= 15 is 0 Å². The van der Waals surface area contributed by atoms with Crippen LogP contribution in [0.1, 0.15) is 19.9 Å². The van der Waals surface area contributed by atoms with Crippen molar-refractivity contribution in [3.63, 3.8) is 0 Å². The van der Waals surface area contributed by atoms with Crippen molar-refractivity contribution in [2.45, 2.75) is 25.4 Å². The second-order valence-electron chi connectivity index (χ2n) is 4.23. The second kappa shape index (κ2) is 3.72. The van der Waals surface area contributed by atoms with Gasteiger partial charge in [0.25, 0.3) is 5.70 Å². The van der Waals surface area contributed by atoms with Crippen LogP contribution >= 0.6 is 0 Å². The third kappa shape index (κ3) is 1.56. The van der Waals surface area contributed by atoms with Crippen LogP contribution in [0.4, 0.5) is 5.95 Å². The van der Waals surface area contributed by atoms with E-state index in [0.29, 0.717) is 0 Å². The van der Waals surface area contributed by atoms with E-state index < -0.39 is 21.4 Å². The van der Waals surface area contributed by atoms with Gasteiger partial charge in [0.1, 0.15) is 0 Å². The summed E-state index contributed by atoms with van der Waals surface area (Å²) in [7, 11) is 0. The predicted molar refractivity (Wildman–Crippen MR) is 56.6 cm³/mol. The summed E-state index contributed by atoms with van der Waals surface area (Å²) in [6, 6.07) is -1.19. The zero-order chi connectivity index (χ0) is 13.5. The minimum absolute atomic E-state index is 0.125. The topological polar surface area (TPSA) is 142 Å². The number of nitrogens with zero attached hydrogens (tertiary/aromatic N) is 6. The normalized spacial score (nSPS) is 18.6. The Morgan fingerprint density at radius 2 is 2.11 bits per heavy atom. The molecule has 0 spiro atoms. The standard InChI is InChI=1S/C7H9N7O4/c1-7(2,14(17)18)5-4(13(15)16)3-8-6-9-10-11-12(5)6/h3,5H,1-2H3,(H,8,9,11)/t5-/m0/s1. The van der Waals surface area contributed by atoms with Crippen LogP contribution < -0.4 is 5.32 Å². The Labute approximate surface area is 99.8 Å². The fraction of sp³-hybridized carbons (Fsp3) is 0.571. The summed E-state index contributed by atoms with van der Waals surface area (Å²) in [5, 5.41) is 35.0. The minimum atomic E-state index is -1.62. The molecule has 2 heterocycles. The molecule has 11 nitrogen and oxygen atoms in total. The van der Waals surface area contributed by atoms with Gasteiger partial charge in [-0.3, -0.25) is 20.2 Å². The van der Waals surface area contributed by atoms with Crippen LogP contribution in [0, 0.1) is 20.2 Å². The van der Waals surface area contributed by atoms with Gasteiger partial charge < -0.3 is 5.32 Å². The van der Waals surface area contributed by atoms with Gasteiger partial charge in [0.05, 0.1) is 11.1 Å². The van der Waals surface area contributed by atoms with Gasteiger partial charge in [-0.2, -0.15) is 4.68 Å². The fourth-order valence-corrected chi connectivity index (χ4v) is 1.72. The zero-order valence-electron chi connectivity index (χ0n) is 9.47. The predicted octanol–water partition coefficient (Wildman–Crippen LogP) is -0.187. The monoisotopic (exact) mass is 255 g/mol. The zero-order valence-corrected chi connectivity index (χ0v) is 9.47. The van der Waals surface area contributed by atoms with Crippen LogP contribution in [0.15, 0.2) is 11.9 Å². The van der Waals surface area contributed by atoms with Gasteiger partial charge in [0, 0.05) is 18.8 Å². The first-order chi connectivity index (χ1) is 8.35. The van der Waals surface area contributed by atoms with Gasteiger partial charge in [0.2, 0.25) is 17.5 Å². The van der Waals surface area contributed by atoms with Crippen molar-refractivity contribution in [2.24, 2.45) is 0 Å². The molecule has 0 bridgehead atoms. The number of nitrogens with one attached hydrogen (secondary N) is 1. The summed E-state index contributed by atoms with van der Waals surface area (Å²) in [6.45, 7) is 2.57. The molecule has 0 aromatic carbocycles. The molecule has 11 heteroatoms. The highest BCUT2D eigenvalue weighted by Crippen LogP contribution is 2.35. The van der Waals surface area contributed by atoms with E-state index in [-0.39, 0.29) is 11.6 Å². The van der Waals surface area contributed by atoms with Gasteiger partial charge in [-0.25, -0.2) is 0 Å². The number of tetrazole rings is 1. The molecule has 0 radical (unpaired) electrons. The van der Waals surface area contributed by atoms with E-state index in [1.54, 1.807) is 0 Å². The molecule has 0 unspecified atom stereocenters. The Bertz CT molecular complexity index is 548. The molecule has 2 rings (SSSR count). The van der Waals surface area contributed by atoms with Crippen LogP contribution in [-0.2, 0) is 0 Å². The fourth-order valence-electron chi connectivity index (χ4n) is 1.72. The average molecular weight is 255 g/mol. The lowest BCUT2D eigenvalue weighted by Gasteiger charge is -2.26. The van der Waals surface area contributed by atoms with E-state index in [1.807, 2.05) is 0 Å². The number of hydrogen-bond donors (Lipinski definition) is 1. The van der Waals surface area contributed by atoms with Gasteiger partial charge in [-0.05, 0) is 10.4 Å². The largest absolute Gasteiger partial charge is 0.324 e. The molecule has 1 aliphatic rings. The maximum Gasteiger partial charge on any atom is 0.294 e. The smallest absolute Gasteiger partial charge is 0.294 e. The third-order valence-corrected chi connectivity index (χ3v) is 2.72. The van der Waals surface area contributed by atoms with Gasteiger partial charge in [-0.1, -0.05) is 5.10 Å². The quantitative estimate of drug-likeness (QED) is 0.578. The summed E-state index contributed by atoms with van der Waals surface area (Å²) < 4.78 is 1.04. The van der Waals surface area contributed by atoms with Crippen molar-refractivity contribution >= 4 is 5.95 Å². The van der Waals surface area contributed by atoms with Crippen molar-refractivity contribution in [3.05, 3.63) is 32.1 Å². The van der Waals surface area contributed by atoms with Crippen LogP contribution in [0.25, 0.3) is 0 Å². The Morgan fingerprint density at radius 3 is 2.67 bits per heavy atom. The van der Waals surface area contributed by atoms with E-state index in [0.717, 1.165) is 10.9 Å². The van der Waals surface area contributed by atoms with Crippen molar-refractivity contribution in [1.82, 2.24) is 20.2 Å². The number of fused-ring (bicyclic) bond motifs is 1. The molecule has 0 saturated heterocycles. The maximum atomic E-state index is 11.1. The molecule has 0 aliphatic carbocycles. The summed E-state index contributed by atoms with van der Waals surface area (Å²) in [5.41, 5.74) is -1.98. The van der Waals surface area contributed by atoms with E-state index in [4.69, 9.17) is 0 Å². The number of anilines is 1. The SMILES string of the molecule is CC(C)([C@@H]1C([N+](=O)[O-])=CNc2nnnn21)[N+](=O)[O-]. The molecule has 1 atom stereocenters. The van der Waals surface area contributed by atoms with Crippen molar-refractivity contribution in [1.29, 1.82) is 0 Å². The van der Waals surface area contributed by atoms with Crippen LogP contribution in [0.5, 0.6) is 0 Å². The number of aromatic nitrogens is 4. The van der Waals surface area contributed by atoms with Crippen LogP contribution in [-0.4, -0.2) is 35.6 Å². The lowest BCUT2D eigenvalue weighted by molar-refractivity contribution is -0.575.